The van der Waals surface area contributed by atoms with Crippen LogP contribution in [0.25, 0.3) is 0 Å². The average Bonchev–Trinajstić information content (AvgIpc) is 3.22. The highest BCUT2D eigenvalue weighted by Crippen LogP contribution is 2.31. The number of furan rings is 1. The van der Waals surface area contributed by atoms with Gasteiger partial charge in [0.15, 0.2) is 18.1 Å². The molecule has 2 aromatic carbocycles. The molecule has 6 nitrogen and oxygen atoms in total. The van der Waals surface area contributed by atoms with Gasteiger partial charge in [0.1, 0.15) is 5.76 Å². The zero-order chi connectivity index (χ0) is 19.8. The molecule has 3 rings (SSSR count). The van der Waals surface area contributed by atoms with Crippen LogP contribution in [0.1, 0.15) is 16.9 Å². The summed E-state index contributed by atoms with van der Waals surface area (Å²) in [7, 11) is 1.58. The van der Waals surface area contributed by atoms with E-state index in [9.17, 15) is 4.79 Å². The van der Waals surface area contributed by atoms with Gasteiger partial charge in [-0.2, -0.15) is 0 Å². The van der Waals surface area contributed by atoms with E-state index in [4.69, 9.17) is 13.9 Å². The summed E-state index contributed by atoms with van der Waals surface area (Å²) in [6.45, 7) is 3.03. The van der Waals surface area contributed by atoms with Gasteiger partial charge < -0.3 is 24.5 Å². The quantitative estimate of drug-likeness (QED) is 0.589. The zero-order valence-electron chi connectivity index (χ0n) is 16.0. The minimum Gasteiger partial charge on any atom is -0.493 e. The second kappa shape index (κ2) is 9.62. The molecule has 0 unspecified atom stereocenters. The average molecular weight is 380 g/mol. The van der Waals surface area contributed by atoms with Crippen molar-refractivity contribution in [2.24, 2.45) is 0 Å². The first-order valence-corrected chi connectivity index (χ1v) is 9.04. The molecular weight excluding hydrogens is 356 g/mol. The fourth-order valence-electron chi connectivity index (χ4n) is 2.73. The van der Waals surface area contributed by atoms with E-state index >= 15 is 0 Å². The van der Waals surface area contributed by atoms with Crippen molar-refractivity contribution in [3.05, 3.63) is 77.7 Å². The number of methoxy groups -OCH3 is 1. The van der Waals surface area contributed by atoms with E-state index in [1.165, 1.54) is 0 Å². The maximum Gasteiger partial charge on any atom is 0.262 e. The SMILES string of the molecule is COc1cccc(CNCc2ccco2)c1OCC(=O)Nc1ccc(C)cc1. The molecule has 28 heavy (non-hydrogen) atoms. The molecule has 1 aromatic heterocycles. The van der Waals surface area contributed by atoms with E-state index in [1.54, 1.807) is 13.4 Å². The van der Waals surface area contributed by atoms with E-state index in [2.05, 4.69) is 10.6 Å². The molecule has 2 N–H and O–H groups in total. The Hall–Kier alpha value is -3.25. The van der Waals surface area contributed by atoms with Crippen LogP contribution in [0, 0.1) is 6.92 Å². The Balaban J connectivity index is 1.60. The number of aryl methyl sites for hydroxylation is 1. The molecular formula is C22H24N2O4. The maximum absolute atomic E-state index is 12.2. The van der Waals surface area contributed by atoms with Crippen LogP contribution in [0.3, 0.4) is 0 Å². The van der Waals surface area contributed by atoms with Crippen molar-refractivity contribution in [1.29, 1.82) is 0 Å². The Kier molecular flexibility index (Phi) is 6.70. The van der Waals surface area contributed by atoms with Gasteiger partial charge in [-0.05, 0) is 37.3 Å². The van der Waals surface area contributed by atoms with E-state index < -0.39 is 0 Å². The van der Waals surface area contributed by atoms with Crippen LogP contribution in [-0.4, -0.2) is 19.6 Å². The number of carbonyl (C=O) groups excluding carboxylic acids is 1. The van der Waals surface area contributed by atoms with Crippen LogP contribution in [0.15, 0.2) is 65.3 Å². The zero-order valence-corrected chi connectivity index (χ0v) is 16.0. The highest BCUT2D eigenvalue weighted by molar-refractivity contribution is 5.91. The lowest BCUT2D eigenvalue weighted by Crippen LogP contribution is -2.21. The third-order valence-corrected chi connectivity index (χ3v) is 4.16. The largest absolute Gasteiger partial charge is 0.493 e. The van der Waals surface area contributed by atoms with E-state index in [-0.39, 0.29) is 12.5 Å². The number of ether oxygens (including phenoxy) is 2. The molecule has 0 bridgehead atoms. The second-order valence-corrected chi connectivity index (χ2v) is 6.33. The molecule has 0 atom stereocenters. The van der Waals surface area contributed by atoms with Crippen LogP contribution in [-0.2, 0) is 17.9 Å². The summed E-state index contributed by atoms with van der Waals surface area (Å²) in [5, 5.41) is 6.12. The lowest BCUT2D eigenvalue weighted by atomic mass is 10.2. The van der Waals surface area contributed by atoms with Crippen molar-refractivity contribution in [3.8, 4) is 11.5 Å². The number of benzene rings is 2. The Morgan fingerprint density at radius 3 is 2.57 bits per heavy atom. The van der Waals surface area contributed by atoms with Gasteiger partial charge in [-0.15, -0.1) is 0 Å². The number of hydrogen-bond acceptors (Lipinski definition) is 5. The standard InChI is InChI=1S/C22H24N2O4/c1-16-8-10-18(11-9-16)24-21(25)15-28-22-17(5-3-7-20(22)26-2)13-23-14-19-6-4-12-27-19/h3-12,23H,13-15H2,1-2H3,(H,24,25). The molecule has 3 aromatic rings. The molecule has 0 saturated heterocycles. The van der Waals surface area contributed by atoms with Gasteiger partial charge in [0.2, 0.25) is 0 Å². The van der Waals surface area contributed by atoms with Crippen LogP contribution < -0.4 is 20.1 Å². The second-order valence-electron chi connectivity index (χ2n) is 6.33. The Labute approximate surface area is 164 Å². The predicted molar refractivity (Wildman–Crippen MR) is 108 cm³/mol. The molecule has 0 saturated carbocycles. The van der Waals surface area contributed by atoms with Crippen LogP contribution in [0.5, 0.6) is 11.5 Å². The number of hydrogen-bond donors (Lipinski definition) is 2. The first kappa shape index (κ1) is 19.5. The highest BCUT2D eigenvalue weighted by atomic mass is 16.5. The molecule has 1 heterocycles. The van der Waals surface area contributed by atoms with E-state index in [0.717, 1.165) is 22.6 Å². The Morgan fingerprint density at radius 2 is 1.86 bits per heavy atom. The third-order valence-electron chi connectivity index (χ3n) is 4.16. The molecule has 0 aliphatic heterocycles. The monoisotopic (exact) mass is 380 g/mol. The van der Waals surface area contributed by atoms with Crippen LogP contribution in [0.4, 0.5) is 5.69 Å². The predicted octanol–water partition coefficient (Wildman–Crippen LogP) is 3.90. The molecule has 146 valence electrons. The summed E-state index contributed by atoms with van der Waals surface area (Å²) in [5.74, 6) is 1.75. The van der Waals surface area contributed by atoms with Gasteiger partial charge in [-0.25, -0.2) is 0 Å². The molecule has 1 amide bonds. The fourth-order valence-corrected chi connectivity index (χ4v) is 2.73. The maximum atomic E-state index is 12.2. The van der Waals surface area contributed by atoms with Crippen molar-refractivity contribution >= 4 is 11.6 Å². The Bertz CT molecular complexity index is 889. The van der Waals surface area contributed by atoms with Crippen molar-refractivity contribution in [1.82, 2.24) is 5.32 Å². The van der Waals surface area contributed by atoms with Gasteiger partial charge in [0.25, 0.3) is 5.91 Å². The van der Waals surface area contributed by atoms with Crippen molar-refractivity contribution in [2.45, 2.75) is 20.0 Å². The lowest BCUT2D eigenvalue weighted by molar-refractivity contribution is -0.118. The normalized spacial score (nSPS) is 10.5. The van der Waals surface area contributed by atoms with Gasteiger partial charge >= 0.3 is 0 Å². The number of rotatable bonds is 9. The minimum atomic E-state index is -0.232. The Morgan fingerprint density at radius 1 is 1.04 bits per heavy atom. The molecule has 0 aliphatic carbocycles. The molecule has 0 radical (unpaired) electrons. The molecule has 6 heteroatoms. The summed E-state index contributed by atoms with van der Waals surface area (Å²) < 4.78 is 16.5. The number of nitrogens with one attached hydrogen (secondary N) is 2. The lowest BCUT2D eigenvalue weighted by Gasteiger charge is -2.15. The van der Waals surface area contributed by atoms with E-state index in [1.807, 2.05) is 61.5 Å². The van der Waals surface area contributed by atoms with Gasteiger partial charge in [0.05, 0.1) is 19.9 Å². The first-order chi connectivity index (χ1) is 13.7. The third kappa shape index (κ3) is 5.37. The summed E-state index contributed by atoms with van der Waals surface area (Å²) in [5.41, 5.74) is 2.77. The van der Waals surface area contributed by atoms with Gasteiger partial charge in [-0.1, -0.05) is 29.8 Å². The smallest absolute Gasteiger partial charge is 0.262 e. The summed E-state index contributed by atoms with van der Waals surface area (Å²) in [6, 6.07) is 17.0. The minimum absolute atomic E-state index is 0.112. The number of amides is 1. The molecule has 0 fully saturated rings. The van der Waals surface area contributed by atoms with Gasteiger partial charge in [0, 0.05) is 17.8 Å². The molecule has 0 spiro atoms. The summed E-state index contributed by atoms with van der Waals surface area (Å²) in [6.07, 6.45) is 1.64. The number of carbonyl (C=O) groups is 1. The summed E-state index contributed by atoms with van der Waals surface area (Å²) >= 11 is 0. The first-order valence-electron chi connectivity index (χ1n) is 9.04. The highest BCUT2D eigenvalue weighted by Gasteiger charge is 2.13. The molecule has 0 aliphatic rings. The number of para-hydroxylation sites is 1. The topological polar surface area (TPSA) is 72.7 Å². The van der Waals surface area contributed by atoms with Crippen molar-refractivity contribution < 1.29 is 18.7 Å². The van der Waals surface area contributed by atoms with Crippen molar-refractivity contribution in [3.63, 3.8) is 0 Å². The van der Waals surface area contributed by atoms with Gasteiger partial charge in [-0.3, -0.25) is 4.79 Å². The van der Waals surface area contributed by atoms with Crippen molar-refractivity contribution in [2.75, 3.05) is 19.0 Å². The van der Waals surface area contributed by atoms with E-state index in [0.29, 0.717) is 24.6 Å². The number of anilines is 1. The van der Waals surface area contributed by atoms with Crippen LogP contribution in [0.2, 0.25) is 0 Å². The fraction of sp³-hybridized carbons (Fsp3) is 0.227. The summed E-state index contributed by atoms with van der Waals surface area (Å²) in [4.78, 5) is 12.2. The van der Waals surface area contributed by atoms with Crippen LogP contribution >= 0.6 is 0 Å².